The lowest BCUT2D eigenvalue weighted by Gasteiger charge is -2.50. The first-order chi connectivity index (χ1) is 16.8. The number of carbonyl (C=O) groups is 1. The second-order valence-corrected chi connectivity index (χ2v) is 10.5. The highest BCUT2D eigenvalue weighted by Crippen LogP contribution is 2.58. The molecule has 1 fully saturated rings. The van der Waals surface area contributed by atoms with Crippen molar-refractivity contribution in [2.45, 2.75) is 65.4 Å². The first kappa shape index (κ1) is 23.2. The van der Waals surface area contributed by atoms with Crippen molar-refractivity contribution in [1.82, 2.24) is 10.2 Å². The topological polar surface area (TPSA) is 84.4 Å². The number of carboxylic acids is 1. The van der Waals surface area contributed by atoms with Crippen LogP contribution in [0, 0.1) is 5.41 Å². The molecule has 3 heterocycles. The fraction of sp³-hybridized carbons (Fsp3) is 0.379. The van der Waals surface area contributed by atoms with Crippen molar-refractivity contribution in [3.63, 3.8) is 0 Å². The Morgan fingerprint density at radius 3 is 2.40 bits per heavy atom. The van der Waals surface area contributed by atoms with Gasteiger partial charge in [-0.2, -0.15) is 5.10 Å². The van der Waals surface area contributed by atoms with Crippen LogP contribution in [0.4, 0.5) is 0 Å². The van der Waals surface area contributed by atoms with Crippen molar-refractivity contribution >= 4 is 5.97 Å². The summed E-state index contributed by atoms with van der Waals surface area (Å²) in [4.78, 5) is 10.9. The van der Waals surface area contributed by atoms with Crippen LogP contribution in [0.5, 0.6) is 11.5 Å². The number of nitrogens with one attached hydrogen (secondary N) is 1. The Balaban J connectivity index is 0.000000147. The van der Waals surface area contributed by atoms with Crippen molar-refractivity contribution in [3.8, 4) is 22.8 Å². The Hall–Kier alpha value is -3.54. The van der Waals surface area contributed by atoms with E-state index in [9.17, 15) is 4.79 Å². The standard InChI is InChI=1S/C18H24O.C11H8N2O3/c1-5-13-16(17(2,3)4)19-15-10-7-6-9-14(15)18(13)11-8-12-18;14-11(15)10-7-5-16-8-4-2-1-3-6(8)9(7)12-13-10/h6-7,9-10H,5,8,11-12H2,1-4H3;1-4H,5H2,(H,12,13)(H,14,15). The molecule has 1 aromatic heterocycles. The van der Waals surface area contributed by atoms with Gasteiger partial charge in [-0.15, -0.1) is 0 Å². The molecule has 0 radical (unpaired) electrons. The van der Waals surface area contributed by atoms with E-state index in [4.69, 9.17) is 14.6 Å². The minimum atomic E-state index is -1.02. The van der Waals surface area contributed by atoms with Crippen LogP contribution in [0.25, 0.3) is 11.3 Å². The molecule has 0 unspecified atom stereocenters. The van der Waals surface area contributed by atoms with Crippen molar-refractivity contribution in [1.29, 1.82) is 0 Å². The van der Waals surface area contributed by atoms with Gasteiger partial charge in [0.05, 0.1) is 5.56 Å². The van der Waals surface area contributed by atoms with E-state index in [1.807, 2.05) is 24.3 Å². The van der Waals surface area contributed by atoms with Gasteiger partial charge < -0.3 is 14.6 Å². The summed E-state index contributed by atoms with van der Waals surface area (Å²) < 4.78 is 11.8. The lowest BCUT2D eigenvalue weighted by atomic mass is 9.57. The number of aromatic amines is 1. The van der Waals surface area contributed by atoms with E-state index in [1.54, 1.807) is 5.57 Å². The van der Waals surface area contributed by atoms with Gasteiger partial charge in [-0.05, 0) is 43.0 Å². The van der Waals surface area contributed by atoms with Crippen LogP contribution in [0.15, 0.2) is 59.9 Å². The number of allylic oxidation sites excluding steroid dienone is 2. The molecule has 182 valence electrons. The Morgan fingerprint density at radius 1 is 1.09 bits per heavy atom. The summed E-state index contributed by atoms with van der Waals surface area (Å²) in [6.07, 6.45) is 5.02. The van der Waals surface area contributed by atoms with Crippen molar-refractivity contribution in [3.05, 3.63) is 76.7 Å². The van der Waals surface area contributed by atoms with Gasteiger partial charge in [-0.25, -0.2) is 4.79 Å². The normalized spacial score (nSPS) is 17.0. The van der Waals surface area contributed by atoms with Gasteiger partial charge in [0.15, 0.2) is 5.69 Å². The third-order valence-electron chi connectivity index (χ3n) is 7.30. The summed E-state index contributed by atoms with van der Waals surface area (Å²) in [6.45, 7) is 9.30. The summed E-state index contributed by atoms with van der Waals surface area (Å²) in [7, 11) is 0. The summed E-state index contributed by atoms with van der Waals surface area (Å²) in [5, 5.41) is 15.5. The van der Waals surface area contributed by atoms with E-state index >= 15 is 0 Å². The molecule has 0 amide bonds. The van der Waals surface area contributed by atoms with E-state index in [0.29, 0.717) is 11.3 Å². The van der Waals surface area contributed by atoms with Gasteiger partial charge in [0.1, 0.15) is 29.6 Å². The largest absolute Gasteiger partial charge is 0.488 e. The number of fused-ring (bicyclic) bond motifs is 5. The molecule has 6 rings (SSSR count). The predicted octanol–water partition coefficient (Wildman–Crippen LogP) is 6.88. The molecule has 6 nitrogen and oxygen atoms in total. The molecule has 0 bridgehead atoms. The van der Waals surface area contributed by atoms with E-state index < -0.39 is 5.97 Å². The molecule has 1 spiro atoms. The number of benzene rings is 2. The lowest BCUT2D eigenvalue weighted by Crippen LogP contribution is -2.42. The molecule has 2 N–H and O–H groups in total. The molecule has 1 saturated carbocycles. The van der Waals surface area contributed by atoms with E-state index in [0.717, 1.165) is 23.5 Å². The third kappa shape index (κ3) is 3.81. The van der Waals surface area contributed by atoms with Gasteiger partial charge in [0.25, 0.3) is 0 Å². The van der Waals surface area contributed by atoms with Crippen molar-refractivity contribution in [2.75, 3.05) is 0 Å². The molecular formula is C29H32N2O4. The fourth-order valence-electron chi connectivity index (χ4n) is 5.55. The Kier molecular flexibility index (Phi) is 5.70. The minimum Gasteiger partial charge on any atom is -0.488 e. The highest BCUT2D eigenvalue weighted by molar-refractivity contribution is 5.90. The average Bonchev–Trinajstić information content (AvgIpc) is 3.26. The van der Waals surface area contributed by atoms with Gasteiger partial charge in [-0.3, -0.25) is 5.10 Å². The number of rotatable bonds is 2. The fourth-order valence-corrected chi connectivity index (χ4v) is 5.55. The molecule has 1 aliphatic carbocycles. The summed E-state index contributed by atoms with van der Waals surface area (Å²) in [5.74, 6) is 2.02. The van der Waals surface area contributed by atoms with Gasteiger partial charge in [-0.1, -0.05) is 64.4 Å². The number of H-pyrrole nitrogens is 1. The quantitative estimate of drug-likeness (QED) is 0.425. The Labute approximate surface area is 206 Å². The first-order valence-electron chi connectivity index (χ1n) is 12.3. The second-order valence-electron chi connectivity index (χ2n) is 10.5. The molecule has 0 saturated heterocycles. The highest BCUT2D eigenvalue weighted by atomic mass is 16.5. The number of hydrogen-bond acceptors (Lipinski definition) is 4. The number of para-hydroxylation sites is 2. The number of ether oxygens (including phenoxy) is 2. The maximum atomic E-state index is 10.9. The SMILES string of the molecule is CCC1=C(C(C)(C)C)Oc2ccccc2C12CCC2.O=C(O)c1[nH]nc2c1COc1ccccc1-2. The number of aromatic carboxylic acids is 1. The molecule has 3 aromatic rings. The molecule has 2 aromatic carbocycles. The zero-order valence-corrected chi connectivity index (χ0v) is 20.8. The number of nitrogens with zero attached hydrogens (tertiary/aromatic N) is 1. The van der Waals surface area contributed by atoms with E-state index in [-0.39, 0.29) is 23.1 Å². The first-order valence-corrected chi connectivity index (χ1v) is 12.3. The monoisotopic (exact) mass is 472 g/mol. The minimum absolute atomic E-state index is 0.0848. The van der Waals surface area contributed by atoms with Crippen molar-refractivity contribution in [2.24, 2.45) is 5.41 Å². The van der Waals surface area contributed by atoms with Crippen molar-refractivity contribution < 1.29 is 19.4 Å². The van der Waals surface area contributed by atoms with Gasteiger partial charge in [0, 0.05) is 22.0 Å². The number of hydrogen-bond donors (Lipinski definition) is 2. The van der Waals surface area contributed by atoms with Crippen LogP contribution in [0.1, 0.15) is 75.0 Å². The lowest BCUT2D eigenvalue weighted by molar-refractivity contribution is 0.0687. The molecule has 6 heteroatoms. The van der Waals surface area contributed by atoms with Crippen LogP contribution >= 0.6 is 0 Å². The molecule has 2 aliphatic heterocycles. The molecule has 35 heavy (non-hydrogen) atoms. The maximum absolute atomic E-state index is 10.9. The zero-order valence-electron chi connectivity index (χ0n) is 20.8. The van der Waals surface area contributed by atoms with Crippen LogP contribution in [0.3, 0.4) is 0 Å². The molecule has 0 atom stereocenters. The predicted molar refractivity (Wildman–Crippen MR) is 135 cm³/mol. The Morgan fingerprint density at radius 2 is 1.77 bits per heavy atom. The van der Waals surface area contributed by atoms with Crippen LogP contribution in [-0.4, -0.2) is 21.3 Å². The summed E-state index contributed by atoms with van der Waals surface area (Å²) >= 11 is 0. The van der Waals surface area contributed by atoms with Crippen LogP contribution < -0.4 is 9.47 Å². The van der Waals surface area contributed by atoms with Crippen LogP contribution in [0.2, 0.25) is 0 Å². The third-order valence-corrected chi connectivity index (χ3v) is 7.30. The van der Waals surface area contributed by atoms with Gasteiger partial charge >= 0.3 is 5.97 Å². The van der Waals surface area contributed by atoms with Crippen LogP contribution in [-0.2, 0) is 12.0 Å². The summed E-state index contributed by atoms with van der Waals surface area (Å²) in [6, 6.07) is 16.1. The molecular weight excluding hydrogens is 440 g/mol. The number of aromatic nitrogens is 2. The van der Waals surface area contributed by atoms with E-state index in [1.165, 1.54) is 30.6 Å². The van der Waals surface area contributed by atoms with E-state index in [2.05, 4.69) is 62.2 Å². The van der Waals surface area contributed by atoms with Gasteiger partial charge in [0.2, 0.25) is 0 Å². The maximum Gasteiger partial charge on any atom is 0.354 e. The summed E-state index contributed by atoms with van der Waals surface area (Å²) in [5.41, 5.74) is 5.53. The highest BCUT2D eigenvalue weighted by Gasteiger charge is 2.48. The number of carboxylic acid groups (broad SMARTS) is 1. The zero-order chi connectivity index (χ0) is 24.8. The second kappa shape index (κ2) is 8.59. The Bertz CT molecular complexity index is 1310. The molecule has 3 aliphatic rings. The average molecular weight is 473 g/mol. The smallest absolute Gasteiger partial charge is 0.354 e.